The number of amides is 1. The number of rotatable bonds is 5. The molecular formula is C15H16ClN3O4. The number of phenolic OH excluding ortho intramolecular Hbond substituents is 1. The Labute approximate surface area is 137 Å². The largest absolute Gasteiger partial charge is 0.506 e. The number of aromatic amines is 1. The third kappa shape index (κ3) is 3.81. The molecule has 0 saturated carbocycles. The molecule has 1 atom stereocenters. The summed E-state index contributed by atoms with van der Waals surface area (Å²) in [4.78, 5) is 23.6. The zero-order valence-corrected chi connectivity index (χ0v) is 13.3. The Hall–Kier alpha value is -2.54. The number of carbonyl (C=O) groups excluding carboxylic acids is 1. The Kier molecular flexibility index (Phi) is 4.90. The fraction of sp³-hybridized carbons (Fsp3) is 0.267. The summed E-state index contributed by atoms with van der Waals surface area (Å²) in [7, 11) is 0. The molecule has 0 aliphatic rings. The molecule has 4 N–H and O–H groups in total. The van der Waals surface area contributed by atoms with Crippen LogP contribution in [0, 0.1) is 13.8 Å². The monoisotopic (exact) mass is 337 g/mol. The van der Waals surface area contributed by atoms with Crippen LogP contribution in [0.25, 0.3) is 0 Å². The highest BCUT2D eigenvalue weighted by Gasteiger charge is 2.27. The van der Waals surface area contributed by atoms with Crippen molar-refractivity contribution >= 4 is 23.5 Å². The first-order chi connectivity index (χ1) is 10.8. The molecule has 8 heteroatoms. The van der Waals surface area contributed by atoms with E-state index in [2.05, 4.69) is 15.5 Å². The molecule has 1 heterocycles. The Morgan fingerprint density at radius 1 is 1.39 bits per heavy atom. The molecule has 122 valence electrons. The molecule has 0 aliphatic heterocycles. The van der Waals surface area contributed by atoms with Gasteiger partial charge in [-0.05, 0) is 31.5 Å². The van der Waals surface area contributed by atoms with Crippen LogP contribution in [-0.4, -0.2) is 32.3 Å². The van der Waals surface area contributed by atoms with Crippen molar-refractivity contribution in [1.29, 1.82) is 0 Å². The molecule has 0 radical (unpaired) electrons. The number of nitrogens with one attached hydrogen (secondary N) is 2. The van der Waals surface area contributed by atoms with Gasteiger partial charge in [-0.15, -0.1) is 0 Å². The summed E-state index contributed by atoms with van der Waals surface area (Å²) in [5, 5.41) is 28.0. The van der Waals surface area contributed by atoms with E-state index >= 15 is 0 Å². The number of carboxylic acids is 1. The maximum Gasteiger partial charge on any atom is 0.331 e. The number of aliphatic carboxylic acids is 1. The number of hydrogen-bond donors (Lipinski definition) is 4. The number of carbonyl (C=O) groups is 2. The summed E-state index contributed by atoms with van der Waals surface area (Å²) in [5.41, 5.74) is 2.11. The number of aromatic hydroxyl groups is 1. The van der Waals surface area contributed by atoms with Gasteiger partial charge in [0.05, 0.1) is 17.1 Å². The molecular weight excluding hydrogens is 322 g/mol. The van der Waals surface area contributed by atoms with Gasteiger partial charge in [0.25, 0.3) is 0 Å². The van der Waals surface area contributed by atoms with E-state index in [1.54, 1.807) is 19.9 Å². The summed E-state index contributed by atoms with van der Waals surface area (Å²) in [5.74, 6) is -1.72. The smallest absolute Gasteiger partial charge is 0.331 e. The fourth-order valence-corrected chi connectivity index (χ4v) is 2.50. The minimum absolute atomic E-state index is 0.0558. The van der Waals surface area contributed by atoms with E-state index in [1.165, 1.54) is 12.1 Å². The summed E-state index contributed by atoms with van der Waals surface area (Å²) in [6.07, 6.45) is -0.0558. The van der Waals surface area contributed by atoms with E-state index in [0.29, 0.717) is 22.5 Å². The number of carboxylic acid groups (broad SMARTS) is 1. The summed E-state index contributed by atoms with van der Waals surface area (Å²) in [6.45, 7) is 3.36. The van der Waals surface area contributed by atoms with Crippen LogP contribution in [0.3, 0.4) is 0 Å². The van der Waals surface area contributed by atoms with Crippen LogP contribution in [0.5, 0.6) is 5.75 Å². The lowest BCUT2D eigenvalue weighted by Crippen LogP contribution is -2.35. The van der Waals surface area contributed by atoms with Gasteiger partial charge in [0.15, 0.2) is 6.04 Å². The van der Waals surface area contributed by atoms with Crippen LogP contribution in [0.2, 0.25) is 5.02 Å². The zero-order valence-electron chi connectivity index (χ0n) is 12.6. The second kappa shape index (κ2) is 6.70. The second-order valence-corrected chi connectivity index (χ2v) is 5.56. The summed E-state index contributed by atoms with van der Waals surface area (Å²) >= 11 is 5.79. The molecule has 7 nitrogen and oxygen atoms in total. The van der Waals surface area contributed by atoms with E-state index < -0.39 is 17.9 Å². The van der Waals surface area contributed by atoms with Crippen LogP contribution in [-0.2, 0) is 16.0 Å². The zero-order chi connectivity index (χ0) is 17.1. The third-order valence-electron chi connectivity index (χ3n) is 3.40. The molecule has 23 heavy (non-hydrogen) atoms. The molecule has 2 aromatic rings. The van der Waals surface area contributed by atoms with Crippen LogP contribution < -0.4 is 5.32 Å². The topological polar surface area (TPSA) is 115 Å². The standard InChI is InChI=1S/C15H16ClN3O4/c1-7-13(8(2)19-18-7)14(15(22)23)17-12(21)6-9-3-4-11(20)10(16)5-9/h3-5,14,20H,6H2,1-2H3,(H,17,21)(H,18,19)(H,22,23)/t14-/m1/s1. The summed E-state index contributed by atoms with van der Waals surface area (Å²) < 4.78 is 0. The van der Waals surface area contributed by atoms with Crippen molar-refractivity contribution in [2.45, 2.75) is 26.3 Å². The molecule has 0 bridgehead atoms. The van der Waals surface area contributed by atoms with Gasteiger partial charge in [-0.25, -0.2) is 4.79 Å². The summed E-state index contributed by atoms with van der Waals surface area (Å²) in [6, 6.07) is 3.20. The lowest BCUT2D eigenvalue weighted by Gasteiger charge is -2.15. The molecule has 0 fully saturated rings. The minimum atomic E-state index is -1.19. The normalized spacial score (nSPS) is 12.0. The van der Waals surface area contributed by atoms with Crippen molar-refractivity contribution in [3.05, 3.63) is 45.7 Å². The van der Waals surface area contributed by atoms with Gasteiger partial charge >= 0.3 is 5.97 Å². The van der Waals surface area contributed by atoms with Gasteiger partial charge in [-0.1, -0.05) is 17.7 Å². The maximum atomic E-state index is 12.1. The van der Waals surface area contributed by atoms with Crippen LogP contribution in [0.15, 0.2) is 18.2 Å². The number of nitrogens with zero attached hydrogens (tertiary/aromatic N) is 1. The van der Waals surface area contributed by atoms with Gasteiger partial charge in [0.1, 0.15) is 5.75 Å². The molecule has 1 aromatic carbocycles. The Bertz CT molecular complexity index is 738. The average Bonchev–Trinajstić information content (AvgIpc) is 2.79. The van der Waals surface area contributed by atoms with Gasteiger partial charge in [-0.2, -0.15) is 5.10 Å². The van der Waals surface area contributed by atoms with Gasteiger partial charge in [-0.3, -0.25) is 9.89 Å². The molecule has 0 aliphatic carbocycles. The predicted octanol–water partition coefficient (Wildman–Crippen LogP) is 1.87. The second-order valence-electron chi connectivity index (χ2n) is 5.15. The quantitative estimate of drug-likeness (QED) is 0.664. The van der Waals surface area contributed by atoms with E-state index in [1.807, 2.05) is 0 Å². The molecule has 0 saturated heterocycles. The lowest BCUT2D eigenvalue weighted by atomic mass is 10.0. The van der Waals surface area contributed by atoms with E-state index in [4.69, 9.17) is 11.6 Å². The van der Waals surface area contributed by atoms with Crippen molar-refractivity contribution < 1.29 is 19.8 Å². The highest BCUT2D eigenvalue weighted by atomic mass is 35.5. The van der Waals surface area contributed by atoms with Crippen LogP contribution in [0.4, 0.5) is 0 Å². The van der Waals surface area contributed by atoms with Crippen LogP contribution in [0.1, 0.15) is 28.6 Å². The minimum Gasteiger partial charge on any atom is -0.506 e. The molecule has 1 aromatic heterocycles. The molecule has 2 rings (SSSR count). The van der Waals surface area contributed by atoms with Crippen molar-refractivity contribution in [1.82, 2.24) is 15.5 Å². The number of hydrogen-bond acceptors (Lipinski definition) is 4. The number of halogens is 1. The third-order valence-corrected chi connectivity index (χ3v) is 3.71. The number of aromatic nitrogens is 2. The SMILES string of the molecule is Cc1n[nH]c(C)c1[C@@H](NC(=O)Cc1ccc(O)c(Cl)c1)C(=O)O. The number of aryl methyl sites for hydroxylation is 2. The predicted molar refractivity (Wildman–Crippen MR) is 83.4 cm³/mol. The van der Waals surface area contributed by atoms with Crippen molar-refractivity contribution in [3.63, 3.8) is 0 Å². The van der Waals surface area contributed by atoms with Crippen molar-refractivity contribution in [3.8, 4) is 5.75 Å². The lowest BCUT2D eigenvalue weighted by molar-refractivity contribution is -0.142. The Morgan fingerprint density at radius 3 is 2.61 bits per heavy atom. The Morgan fingerprint density at radius 2 is 2.09 bits per heavy atom. The highest BCUT2D eigenvalue weighted by molar-refractivity contribution is 6.32. The van der Waals surface area contributed by atoms with E-state index in [0.717, 1.165) is 0 Å². The number of H-pyrrole nitrogens is 1. The first-order valence-electron chi connectivity index (χ1n) is 6.80. The molecule has 0 unspecified atom stereocenters. The first-order valence-corrected chi connectivity index (χ1v) is 7.18. The van der Waals surface area contributed by atoms with Gasteiger partial charge < -0.3 is 15.5 Å². The maximum absolute atomic E-state index is 12.1. The number of benzene rings is 1. The molecule has 0 spiro atoms. The van der Waals surface area contributed by atoms with Gasteiger partial charge in [0, 0.05) is 11.3 Å². The first kappa shape index (κ1) is 16.8. The van der Waals surface area contributed by atoms with Crippen molar-refractivity contribution in [2.24, 2.45) is 0 Å². The van der Waals surface area contributed by atoms with E-state index in [-0.39, 0.29) is 17.2 Å². The van der Waals surface area contributed by atoms with Gasteiger partial charge in [0.2, 0.25) is 5.91 Å². The van der Waals surface area contributed by atoms with E-state index in [9.17, 15) is 19.8 Å². The fourth-order valence-electron chi connectivity index (χ4n) is 2.30. The highest BCUT2D eigenvalue weighted by Crippen LogP contribution is 2.24. The Balaban J connectivity index is 2.16. The number of phenols is 1. The van der Waals surface area contributed by atoms with Crippen LogP contribution >= 0.6 is 11.6 Å². The average molecular weight is 338 g/mol. The van der Waals surface area contributed by atoms with Crippen molar-refractivity contribution in [2.75, 3.05) is 0 Å². The molecule has 1 amide bonds.